The quantitative estimate of drug-likeness (QED) is 0.630. The highest BCUT2D eigenvalue weighted by atomic mass is 32.1. The summed E-state index contributed by atoms with van der Waals surface area (Å²) in [6, 6.07) is 9.99. The number of rotatable bonds is 4. The smallest absolute Gasteiger partial charge is 0.339 e. The van der Waals surface area contributed by atoms with E-state index in [1.54, 1.807) is 25.2 Å². The van der Waals surface area contributed by atoms with Crippen molar-refractivity contribution < 1.29 is 14.3 Å². The van der Waals surface area contributed by atoms with Crippen molar-refractivity contribution in [3.63, 3.8) is 0 Å². The Bertz CT molecular complexity index is 1080. The van der Waals surface area contributed by atoms with Crippen LogP contribution in [0.15, 0.2) is 35.7 Å². The predicted octanol–water partition coefficient (Wildman–Crippen LogP) is 4.29. The van der Waals surface area contributed by atoms with Gasteiger partial charge >= 0.3 is 5.97 Å². The average molecular weight is 410 g/mol. The average Bonchev–Trinajstić information content (AvgIpc) is 3.31. The minimum Gasteiger partial charge on any atom is -0.465 e. The fraction of sp³-hybridized carbons (Fsp3) is 0.273. The molecule has 3 heterocycles. The number of aromatic nitrogens is 1. The number of fused-ring (bicyclic) bond motifs is 1. The van der Waals surface area contributed by atoms with E-state index in [4.69, 9.17) is 4.74 Å². The van der Waals surface area contributed by atoms with Crippen LogP contribution in [0.5, 0.6) is 0 Å². The van der Waals surface area contributed by atoms with Crippen molar-refractivity contribution in [2.45, 2.75) is 26.8 Å². The highest BCUT2D eigenvalue weighted by molar-refractivity contribution is 7.10. The van der Waals surface area contributed by atoms with Gasteiger partial charge in [0.05, 0.1) is 24.0 Å². The highest BCUT2D eigenvalue weighted by Crippen LogP contribution is 2.32. The first-order chi connectivity index (χ1) is 14.0. The topological polar surface area (TPSA) is 74.4 Å². The van der Waals surface area contributed by atoms with Crippen molar-refractivity contribution in [2.24, 2.45) is 0 Å². The van der Waals surface area contributed by atoms with Gasteiger partial charge in [-0.25, -0.2) is 4.79 Å². The molecule has 0 aliphatic carbocycles. The van der Waals surface area contributed by atoms with E-state index in [0.717, 1.165) is 30.9 Å². The molecule has 0 saturated heterocycles. The van der Waals surface area contributed by atoms with Crippen LogP contribution in [0.4, 0.5) is 11.4 Å². The number of hydrogen-bond donors (Lipinski definition) is 2. The Balaban J connectivity index is 1.60. The number of nitrogens with zero attached hydrogens (tertiary/aromatic N) is 1. The molecule has 4 rings (SSSR count). The molecule has 1 aliphatic rings. The SMILES string of the molecule is COC(=O)c1c(C)[nH]c(C(=O)Nc2ccccc2N2CCc3sccc3C2)c1C. The van der Waals surface area contributed by atoms with E-state index >= 15 is 0 Å². The maximum absolute atomic E-state index is 13.0. The molecule has 1 aliphatic heterocycles. The van der Waals surface area contributed by atoms with E-state index in [-0.39, 0.29) is 5.91 Å². The molecule has 29 heavy (non-hydrogen) atoms. The Labute approximate surface area is 173 Å². The number of benzene rings is 1. The molecule has 1 amide bonds. The van der Waals surface area contributed by atoms with E-state index in [2.05, 4.69) is 26.6 Å². The molecule has 0 unspecified atom stereocenters. The van der Waals surface area contributed by atoms with E-state index in [0.29, 0.717) is 22.5 Å². The summed E-state index contributed by atoms with van der Waals surface area (Å²) in [4.78, 5) is 31.8. The molecule has 0 spiro atoms. The molecule has 2 aromatic heterocycles. The zero-order valence-electron chi connectivity index (χ0n) is 16.7. The molecule has 0 bridgehead atoms. The van der Waals surface area contributed by atoms with Gasteiger partial charge in [0.1, 0.15) is 5.69 Å². The van der Waals surface area contributed by atoms with Gasteiger partial charge in [0, 0.05) is 23.7 Å². The number of ether oxygens (including phenoxy) is 1. The molecule has 150 valence electrons. The third-order valence-corrected chi connectivity index (χ3v) is 6.38. The molecule has 3 aromatic rings. The summed E-state index contributed by atoms with van der Waals surface area (Å²) >= 11 is 1.81. The van der Waals surface area contributed by atoms with Crippen molar-refractivity contribution in [1.29, 1.82) is 0 Å². The lowest BCUT2D eigenvalue weighted by molar-refractivity contribution is 0.0599. The third-order valence-electron chi connectivity index (χ3n) is 5.35. The van der Waals surface area contributed by atoms with Gasteiger partial charge in [0.2, 0.25) is 0 Å². The Hall–Kier alpha value is -3.06. The van der Waals surface area contributed by atoms with Crippen molar-refractivity contribution in [2.75, 3.05) is 23.9 Å². The zero-order chi connectivity index (χ0) is 20.5. The van der Waals surface area contributed by atoms with Crippen LogP contribution in [0.3, 0.4) is 0 Å². The number of aromatic amines is 1. The molecule has 0 saturated carbocycles. The summed E-state index contributed by atoms with van der Waals surface area (Å²) in [5.74, 6) is -0.725. The molecular weight excluding hydrogens is 386 g/mol. The first-order valence-corrected chi connectivity index (χ1v) is 10.4. The minimum atomic E-state index is -0.449. The van der Waals surface area contributed by atoms with E-state index in [9.17, 15) is 9.59 Å². The first-order valence-electron chi connectivity index (χ1n) is 9.47. The molecule has 2 N–H and O–H groups in total. The number of aryl methyl sites for hydroxylation is 1. The second kappa shape index (κ2) is 7.75. The van der Waals surface area contributed by atoms with E-state index in [1.807, 2.05) is 24.3 Å². The largest absolute Gasteiger partial charge is 0.465 e. The lowest BCUT2D eigenvalue weighted by atomic mass is 10.1. The zero-order valence-corrected chi connectivity index (χ0v) is 17.5. The number of nitrogens with one attached hydrogen (secondary N) is 2. The van der Waals surface area contributed by atoms with Gasteiger partial charge in [-0.1, -0.05) is 12.1 Å². The molecule has 6 nitrogen and oxygen atoms in total. The molecule has 7 heteroatoms. The van der Waals surface area contributed by atoms with Crippen LogP contribution in [-0.4, -0.2) is 30.5 Å². The summed E-state index contributed by atoms with van der Waals surface area (Å²) in [5, 5.41) is 5.15. The van der Waals surface area contributed by atoms with Crippen LogP contribution in [0.1, 0.15) is 42.5 Å². The number of amides is 1. The predicted molar refractivity (Wildman–Crippen MR) is 115 cm³/mol. The number of hydrogen-bond acceptors (Lipinski definition) is 5. The number of anilines is 2. The van der Waals surface area contributed by atoms with Crippen molar-refractivity contribution in [3.8, 4) is 0 Å². The number of para-hydroxylation sites is 2. The Morgan fingerprint density at radius 1 is 1.21 bits per heavy atom. The number of carbonyl (C=O) groups is 2. The second-order valence-electron chi connectivity index (χ2n) is 7.13. The van der Waals surface area contributed by atoms with Gasteiger partial charge in [-0.2, -0.15) is 0 Å². The van der Waals surface area contributed by atoms with Crippen LogP contribution >= 0.6 is 11.3 Å². The van der Waals surface area contributed by atoms with E-state index < -0.39 is 5.97 Å². The van der Waals surface area contributed by atoms with Gasteiger partial charge in [0.15, 0.2) is 0 Å². The van der Waals surface area contributed by atoms with Crippen LogP contribution in [-0.2, 0) is 17.7 Å². The van der Waals surface area contributed by atoms with Crippen molar-refractivity contribution in [3.05, 3.63) is 68.7 Å². The summed E-state index contributed by atoms with van der Waals surface area (Å²) in [7, 11) is 1.34. The van der Waals surface area contributed by atoms with Gasteiger partial charge in [-0.3, -0.25) is 4.79 Å². The summed E-state index contributed by atoms with van der Waals surface area (Å²) < 4.78 is 4.83. The summed E-state index contributed by atoms with van der Waals surface area (Å²) in [6.07, 6.45) is 1.01. The standard InChI is InChI=1S/C22H23N3O3S/c1-13-19(22(27)28-3)14(2)23-20(13)21(26)24-16-6-4-5-7-17(16)25-10-8-18-15(12-25)9-11-29-18/h4-7,9,11,23H,8,10,12H2,1-3H3,(H,24,26). The molecule has 0 radical (unpaired) electrons. The van der Waals surface area contributed by atoms with Crippen molar-refractivity contribution in [1.82, 2.24) is 4.98 Å². The summed E-state index contributed by atoms with van der Waals surface area (Å²) in [5.41, 5.74) is 5.08. The number of carbonyl (C=O) groups excluding carboxylic acids is 2. The van der Waals surface area contributed by atoms with Gasteiger partial charge in [-0.05, 0) is 55.0 Å². The first kappa shape index (κ1) is 19.3. The van der Waals surface area contributed by atoms with Crippen LogP contribution in [0.2, 0.25) is 0 Å². The Morgan fingerprint density at radius 2 is 2.00 bits per heavy atom. The van der Waals surface area contributed by atoms with Crippen LogP contribution in [0.25, 0.3) is 0 Å². The lowest BCUT2D eigenvalue weighted by Crippen LogP contribution is -2.30. The van der Waals surface area contributed by atoms with Crippen LogP contribution in [0, 0.1) is 13.8 Å². The molecule has 0 atom stereocenters. The minimum absolute atomic E-state index is 0.276. The fourth-order valence-corrected chi connectivity index (χ4v) is 4.77. The van der Waals surface area contributed by atoms with E-state index in [1.165, 1.54) is 17.6 Å². The Kier molecular flexibility index (Phi) is 5.15. The normalized spacial score (nSPS) is 13.1. The second-order valence-corrected chi connectivity index (χ2v) is 8.13. The third kappa shape index (κ3) is 3.53. The molecule has 0 fully saturated rings. The van der Waals surface area contributed by atoms with Gasteiger partial charge < -0.3 is 19.9 Å². The number of methoxy groups -OCH3 is 1. The van der Waals surface area contributed by atoms with Crippen LogP contribution < -0.4 is 10.2 Å². The number of esters is 1. The summed E-state index contributed by atoms with van der Waals surface area (Å²) in [6.45, 7) is 5.25. The Morgan fingerprint density at radius 3 is 2.79 bits per heavy atom. The highest BCUT2D eigenvalue weighted by Gasteiger charge is 2.24. The van der Waals surface area contributed by atoms with Gasteiger partial charge in [-0.15, -0.1) is 11.3 Å². The molecular formula is C22H23N3O3S. The number of H-pyrrole nitrogens is 1. The maximum Gasteiger partial charge on any atom is 0.339 e. The maximum atomic E-state index is 13.0. The van der Waals surface area contributed by atoms with Crippen molar-refractivity contribution >= 4 is 34.6 Å². The fourth-order valence-electron chi connectivity index (χ4n) is 3.88. The lowest BCUT2D eigenvalue weighted by Gasteiger charge is -2.30. The number of thiophene rings is 1. The molecule has 1 aromatic carbocycles. The van der Waals surface area contributed by atoms with Gasteiger partial charge in [0.25, 0.3) is 5.91 Å². The monoisotopic (exact) mass is 409 g/mol.